The van der Waals surface area contributed by atoms with Gasteiger partial charge in [-0.3, -0.25) is 4.99 Å². The Balaban J connectivity index is 0.00000625. The molecule has 0 bridgehead atoms. The average Bonchev–Trinajstić information content (AvgIpc) is 2.62. The number of methoxy groups -OCH3 is 1. The van der Waals surface area contributed by atoms with Crippen LogP contribution in [0.2, 0.25) is 0 Å². The molecule has 0 aromatic heterocycles. The number of likely N-dealkylation sites (N-methyl/N-ethyl adjacent to an activating group) is 1. The maximum absolute atomic E-state index is 12.8. The second-order valence-corrected chi connectivity index (χ2v) is 6.90. The number of hydrogen-bond acceptors (Lipinski definition) is 4. The molecule has 1 aromatic carbocycles. The maximum atomic E-state index is 12.8. The van der Waals surface area contributed by atoms with Crippen LogP contribution < -0.4 is 10.6 Å². The lowest BCUT2D eigenvalue weighted by atomic mass is 10.4. The van der Waals surface area contributed by atoms with Crippen LogP contribution >= 0.6 is 35.7 Å². The summed E-state index contributed by atoms with van der Waals surface area (Å²) < 4.78 is 17.9. The van der Waals surface area contributed by atoms with E-state index in [1.165, 1.54) is 12.1 Å². The van der Waals surface area contributed by atoms with Gasteiger partial charge in [-0.25, -0.2) is 4.39 Å². The smallest absolute Gasteiger partial charge is 0.190 e. The lowest BCUT2D eigenvalue weighted by Gasteiger charge is -2.17. The van der Waals surface area contributed by atoms with Gasteiger partial charge in [-0.1, -0.05) is 0 Å². The molecule has 0 heterocycles. The first kappa shape index (κ1) is 25.4. The van der Waals surface area contributed by atoms with Gasteiger partial charge in [-0.05, 0) is 56.5 Å². The summed E-state index contributed by atoms with van der Waals surface area (Å²) in [6, 6.07) is 6.63. The van der Waals surface area contributed by atoms with E-state index in [-0.39, 0.29) is 29.8 Å². The van der Waals surface area contributed by atoms with Crippen LogP contribution in [0.1, 0.15) is 12.8 Å². The minimum atomic E-state index is -0.189. The summed E-state index contributed by atoms with van der Waals surface area (Å²) in [5.74, 6) is 1.64. The first-order valence-electron chi connectivity index (χ1n) is 8.66. The van der Waals surface area contributed by atoms with Crippen molar-refractivity contribution >= 4 is 41.7 Å². The zero-order chi connectivity index (χ0) is 18.3. The van der Waals surface area contributed by atoms with Gasteiger partial charge in [0, 0.05) is 38.7 Å². The molecule has 5 nitrogen and oxygen atoms in total. The second kappa shape index (κ2) is 16.6. The molecule has 0 aliphatic carbocycles. The molecule has 0 spiro atoms. The Morgan fingerprint density at radius 3 is 2.42 bits per heavy atom. The molecule has 1 rings (SSSR count). The second-order valence-electron chi connectivity index (χ2n) is 5.73. The van der Waals surface area contributed by atoms with Crippen molar-refractivity contribution in [1.82, 2.24) is 15.5 Å². The molecule has 26 heavy (non-hydrogen) atoms. The third kappa shape index (κ3) is 12.7. The van der Waals surface area contributed by atoms with E-state index >= 15 is 0 Å². The van der Waals surface area contributed by atoms with Gasteiger partial charge in [0.15, 0.2) is 5.96 Å². The maximum Gasteiger partial charge on any atom is 0.190 e. The Kier molecular flexibility index (Phi) is 16.2. The van der Waals surface area contributed by atoms with Crippen molar-refractivity contribution < 1.29 is 9.13 Å². The summed E-state index contributed by atoms with van der Waals surface area (Å²) >= 11 is 1.74. The molecule has 8 heteroatoms. The number of guanidine groups is 1. The fourth-order valence-electron chi connectivity index (χ4n) is 2.14. The number of nitrogens with one attached hydrogen (secondary N) is 2. The largest absolute Gasteiger partial charge is 0.383 e. The van der Waals surface area contributed by atoms with Gasteiger partial charge in [0.1, 0.15) is 5.82 Å². The summed E-state index contributed by atoms with van der Waals surface area (Å²) in [6.45, 7) is 4.50. The van der Waals surface area contributed by atoms with Crippen LogP contribution in [0.3, 0.4) is 0 Å². The van der Waals surface area contributed by atoms with E-state index in [0.29, 0.717) is 0 Å². The molecule has 0 radical (unpaired) electrons. The average molecular weight is 498 g/mol. The molecule has 0 aliphatic heterocycles. The molecular formula is C18H32FIN4OS. The molecule has 2 N–H and O–H groups in total. The van der Waals surface area contributed by atoms with Crippen molar-refractivity contribution in [2.24, 2.45) is 4.99 Å². The van der Waals surface area contributed by atoms with Gasteiger partial charge in [0.25, 0.3) is 0 Å². The number of thioether (sulfide) groups is 1. The van der Waals surface area contributed by atoms with E-state index in [2.05, 4.69) is 27.6 Å². The predicted octanol–water partition coefficient (Wildman–Crippen LogP) is 3.06. The van der Waals surface area contributed by atoms with Crippen LogP contribution in [0.25, 0.3) is 0 Å². The van der Waals surface area contributed by atoms with Crippen molar-refractivity contribution in [3.8, 4) is 0 Å². The zero-order valence-corrected chi connectivity index (χ0v) is 19.1. The van der Waals surface area contributed by atoms with Gasteiger partial charge in [0.2, 0.25) is 0 Å². The third-order valence-corrected chi connectivity index (χ3v) is 4.70. The van der Waals surface area contributed by atoms with Crippen LogP contribution in [0.15, 0.2) is 34.2 Å². The zero-order valence-electron chi connectivity index (χ0n) is 16.0. The molecule has 0 amide bonds. The minimum absolute atomic E-state index is 0. The molecular weight excluding hydrogens is 466 g/mol. The fourth-order valence-corrected chi connectivity index (χ4v) is 2.99. The minimum Gasteiger partial charge on any atom is -0.383 e. The van der Waals surface area contributed by atoms with E-state index in [1.807, 2.05) is 12.1 Å². The number of ether oxygens (including phenoxy) is 1. The van der Waals surface area contributed by atoms with Crippen molar-refractivity contribution in [3.05, 3.63) is 30.1 Å². The first-order valence-corrected chi connectivity index (χ1v) is 9.64. The third-order valence-electron chi connectivity index (χ3n) is 3.61. The van der Waals surface area contributed by atoms with Crippen LogP contribution in [-0.4, -0.2) is 70.6 Å². The Bertz CT molecular complexity index is 491. The number of hydrogen-bond donors (Lipinski definition) is 2. The highest BCUT2D eigenvalue weighted by Gasteiger charge is 2.00. The first-order chi connectivity index (χ1) is 12.2. The molecule has 0 saturated carbocycles. The highest BCUT2D eigenvalue weighted by Crippen LogP contribution is 2.18. The number of benzene rings is 1. The van der Waals surface area contributed by atoms with Crippen LogP contribution in [0, 0.1) is 5.82 Å². The van der Waals surface area contributed by atoms with Gasteiger partial charge in [-0.15, -0.1) is 35.7 Å². The number of rotatable bonds is 12. The van der Waals surface area contributed by atoms with Crippen molar-refractivity contribution in [2.75, 3.05) is 59.7 Å². The van der Waals surface area contributed by atoms with Gasteiger partial charge < -0.3 is 20.3 Å². The Hall–Kier alpha value is -0.580. The molecule has 0 saturated heterocycles. The fraction of sp³-hybridized carbons (Fsp3) is 0.611. The summed E-state index contributed by atoms with van der Waals surface area (Å²) in [6.07, 6.45) is 2.07. The van der Waals surface area contributed by atoms with Crippen molar-refractivity contribution in [1.29, 1.82) is 0 Å². The Labute approximate surface area is 178 Å². The summed E-state index contributed by atoms with van der Waals surface area (Å²) in [7, 11) is 5.61. The predicted molar refractivity (Wildman–Crippen MR) is 121 cm³/mol. The van der Waals surface area contributed by atoms with Crippen LogP contribution in [-0.2, 0) is 4.74 Å². The van der Waals surface area contributed by atoms with Gasteiger partial charge in [-0.2, -0.15) is 0 Å². The Morgan fingerprint density at radius 1 is 1.15 bits per heavy atom. The molecule has 150 valence electrons. The number of nitrogens with zero attached hydrogens (tertiary/aromatic N) is 2. The van der Waals surface area contributed by atoms with Crippen LogP contribution in [0.5, 0.6) is 0 Å². The molecule has 1 aromatic rings. The topological polar surface area (TPSA) is 48.9 Å². The van der Waals surface area contributed by atoms with Crippen molar-refractivity contribution in [2.45, 2.75) is 17.7 Å². The van der Waals surface area contributed by atoms with E-state index in [1.54, 1.807) is 25.9 Å². The van der Waals surface area contributed by atoms with Crippen molar-refractivity contribution in [3.63, 3.8) is 0 Å². The highest BCUT2D eigenvalue weighted by molar-refractivity contribution is 14.0. The molecule has 0 fully saturated rings. The van der Waals surface area contributed by atoms with E-state index in [9.17, 15) is 4.39 Å². The number of halogens is 2. The molecule has 0 atom stereocenters. The lowest BCUT2D eigenvalue weighted by Crippen LogP contribution is -2.39. The normalized spacial score (nSPS) is 11.3. The SMILES string of the molecule is CN=C(NCCCSc1ccc(F)cc1)NCCCN(C)CCOC.I. The van der Waals surface area contributed by atoms with E-state index < -0.39 is 0 Å². The van der Waals surface area contributed by atoms with E-state index in [0.717, 1.165) is 62.2 Å². The highest BCUT2D eigenvalue weighted by atomic mass is 127. The van der Waals surface area contributed by atoms with E-state index in [4.69, 9.17) is 4.74 Å². The quantitative estimate of drug-likeness (QED) is 0.153. The Morgan fingerprint density at radius 2 is 1.81 bits per heavy atom. The molecule has 0 unspecified atom stereocenters. The lowest BCUT2D eigenvalue weighted by molar-refractivity contribution is 0.161. The standard InChI is InChI=1S/C18H31FN4OS.HI/c1-20-18(21-10-4-12-23(2)13-14-24-3)22-11-5-15-25-17-8-6-16(19)7-9-17;/h6-9H,4-5,10-15H2,1-3H3,(H2,20,21,22);1H. The van der Waals surface area contributed by atoms with Crippen LogP contribution in [0.4, 0.5) is 4.39 Å². The van der Waals surface area contributed by atoms with Gasteiger partial charge >= 0.3 is 0 Å². The molecule has 0 aliphatic rings. The monoisotopic (exact) mass is 498 g/mol. The number of aliphatic imine (C=N–C) groups is 1. The summed E-state index contributed by atoms with van der Waals surface area (Å²) in [4.78, 5) is 7.59. The summed E-state index contributed by atoms with van der Waals surface area (Å²) in [5, 5.41) is 6.65. The van der Waals surface area contributed by atoms with Gasteiger partial charge in [0.05, 0.1) is 6.61 Å². The summed E-state index contributed by atoms with van der Waals surface area (Å²) in [5.41, 5.74) is 0.